The molecule has 1 aliphatic heterocycles. The number of rotatable bonds is 6. The Morgan fingerprint density at radius 3 is 2.48 bits per heavy atom. The summed E-state index contributed by atoms with van der Waals surface area (Å²) in [4.78, 5) is 26.9. The molecule has 0 atom stereocenters. The monoisotopic (exact) mass is 435 g/mol. The topological polar surface area (TPSA) is 86.8 Å². The van der Waals surface area contributed by atoms with Gasteiger partial charge in [-0.1, -0.05) is 18.2 Å². The first-order valence-corrected chi connectivity index (χ1v) is 11.8. The molecule has 1 fully saturated rings. The molecule has 2 aromatic rings. The third-order valence-corrected chi connectivity index (χ3v) is 7.83. The normalized spacial score (nSPS) is 15.3. The third kappa shape index (κ3) is 5.04. The second-order valence-corrected chi connectivity index (χ2v) is 9.89. The zero-order valence-electron chi connectivity index (χ0n) is 16.6. The maximum atomic E-state index is 13.0. The van der Waals surface area contributed by atoms with Gasteiger partial charge in [0.05, 0.1) is 9.77 Å². The van der Waals surface area contributed by atoms with Crippen LogP contribution >= 0.6 is 11.3 Å². The zero-order valence-corrected chi connectivity index (χ0v) is 18.2. The Hall–Kier alpha value is -2.23. The molecule has 1 aromatic carbocycles. The standard InChI is InChI=1S/C20H25N3O4S2/c1-15-5-6-16(2)18(14-15)29(26,27)23-11-9-22(10-12-23)19(24)7-8-21-20(25)17-4-3-13-28-17/h3-6,13-14H,7-12H2,1-2H3,(H,21,25). The molecule has 2 amide bonds. The lowest BCUT2D eigenvalue weighted by atomic mass is 10.2. The molecular formula is C20H25N3O4S2. The molecule has 156 valence electrons. The summed E-state index contributed by atoms with van der Waals surface area (Å²) >= 11 is 1.35. The molecule has 1 aliphatic rings. The highest BCUT2D eigenvalue weighted by atomic mass is 32.2. The van der Waals surface area contributed by atoms with E-state index in [1.54, 1.807) is 30.0 Å². The van der Waals surface area contributed by atoms with Crippen LogP contribution in [0.1, 0.15) is 27.2 Å². The Morgan fingerprint density at radius 2 is 1.83 bits per heavy atom. The largest absolute Gasteiger partial charge is 0.351 e. The number of nitrogens with one attached hydrogen (secondary N) is 1. The van der Waals surface area contributed by atoms with Crippen LogP contribution in [0.2, 0.25) is 0 Å². The van der Waals surface area contributed by atoms with Gasteiger partial charge in [0.15, 0.2) is 0 Å². The minimum absolute atomic E-state index is 0.0831. The minimum atomic E-state index is -3.58. The van der Waals surface area contributed by atoms with Gasteiger partial charge < -0.3 is 10.2 Å². The number of piperazine rings is 1. The van der Waals surface area contributed by atoms with E-state index in [2.05, 4.69) is 5.32 Å². The van der Waals surface area contributed by atoms with Crippen LogP contribution in [0.15, 0.2) is 40.6 Å². The summed E-state index contributed by atoms with van der Waals surface area (Å²) in [5.74, 6) is -0.266. The highest BCUT2D eigenvalue weighted by molar-refractivity contribution is 7.89. The lowest BCUT2D eigenvalue weighted by molar-refractivity contribution is -0.132. The zero-order chi connectivity index (χ0) is 21.0. The van der Waals surface area contributed by atoms with Gasteiger partial charge in [0.1, 0.15) is 0 Å². The van der Waals surface area contributed by atoms with Gasteiger partial charge in [0, 0.05) is 39.1 Å². The van der Waals surface area contributed by atoms with E-state index in [0.29, 0.717) is 22.9 Å². The van der Waals surface area contributed by atoms with E-state index in [1.807, 2.05) is 24.4 Å². The predicted octanol–water partition coefficient (Wildman–Crippen LogP) is 2.02. The van der Waals surface area contributed by atoms with Gasteiger partial charge in [-0.05, 0) is 42.5 Å². The second kappa shape index (κ2) is 9.06. The molecule has 1 aromatic heterocycles. The smallest absolute Gasteiger partial charge is 0.261 e. The number of nitrogens with zero attached hydrogens (tertiary/aromatic N) is 2. The predicted molar refractivity (Wildman–Crippen MR) is 113 cm³/mol. The summed E-state index contributed by atoms with van der Waals surface area (Å²) in [6.07, 6.45) is 0.195. The fourth-order valence-corrected chi connectivity index (χ4v) is 5.61. The van der Waals surface area contributed by atoms with Gasteiger partial charge in [-0.3, -0.25) is 9.59 Å². The minimum Gasteiger partial charge on any atom is -0.351 e. The number of sulfonamides is 1. The molecule has 0 spiro atoms. The van der Waals surface area contributed by atoms with Gasteiger partial charge >= 0.3 is 0 Å². The summed E-state index contributed by atoms with van der Waals surface area (Å²) in [6, 6.07) is 8.93. The molecule has 0 saturated carbocycles. The van der Waals surface area contributed by atoms with Crippen LogP contribution in [0, 0.1) is 13.8 Å². The Balaban J connectivity index is 1.51. The van der Waals surface area contributed by atoms with Crippen molar-refractivity contribution >= 4 is 33.2 Å². The molecule has 0 bridgehead atoms. The van der Waals surface area contributed by atoms with Crippen molar-refractivity contribution in [3.8, 4) is 0 Å². The average molecular weight is 436 g/mol. The van der Waals surface area contributed by atoms with Gasteiger partial charge in [0.2, 0.25) is 15.9 Å². The Morgan fingerprint density at radius 1 is 1.10 bits per heavy atom. The van der Waals surface area contributed by atoms with Crippen LogP contribution < -0.4 is 5.32 Å². The summed E-state index contributed by atoms with van der Waals surface area (Å²) in [6.45, 7) is 5.15. The fraction of sp³-hybridized carbons (Fsp3) is 0.400. The van der Waals surface area contributed by atoms with Crippen molar-refractivity contribution in [1.82, 2.24) is 14.5 Å². The molecule has 1 N–H and O–H groups in total. The van der Waals surface area contributed by atoms with E-state index >= 15 is 0 Å². The summed E-state index contributed by atoms with van der Waals surface area (Å²) < 4.78 is 27.4. The van der Waals surface area contributed by atoms with Crippen LogP contribution in [0.3, 0.4) is 0 Å². The maximum Gasteiger partial charge on any atom is 0.261 e. The first-order chi connectivity index (χ1) is 13.8. The van der Waals surface area contributed by atoms with Crippen molar-refractivity contribution in [2.75, 3.05) is 32.7 Å². The van der Waals surface area contributed by atoms with Crippen LogP contribution in [-0.4, -0.2) is 62.2 Å². The van der Waals surface area contributed by atoms with Crippen LogP contribution in [0.4, 0.5) is 0 Å². The van der Waals surface area contributed by atoms with Gasteiger partial charge in [-0.2, -0.15) is 4.31 Å². The molecular weight excluding hydrogens is 410 g/mol. The van der Waals surface area contributed by atoms with E-state index < -0.39 is 10.0 Å². The van der Waals surface area contributed by atoms with Crippen LogP contribution in [0.5, 0.6) is 0 Å². The Kier molecular flexibility index (Phi) is 6.71. The van der Waals surface area contributed by atoms with E-state index in [0.717, 1.165) is 11.1 Å². The molecule has 1 saturated heterocycles. The highest BCUT2D eigenvalue weighted by Crippen LogP contribution is 2.22. The van der Waals surface area contributed by atoms with Crippen molar-refractivity contribution in [2.45, 2.75) is 25.2 Å². The van der Waals surface area contributed by atoms with Crippen molar-refractivity contribution in [1.29, 1.82) is 0 Å². The third-order valence-electron chi connectivity index (χ3n) is 4.92. The number of amides is 2. The Labute approximate surface area is 175 Å². The highest BCUT2D eigenvalue weighted by Gasteiger charge is 2.31. The van der Waals surface area contributed by atoms with Crippen molar-refractivity contribution in [2.24, 2.45) is 0 Å². The molecule has 0 aliphatic carbocycles. The Bertz CT molecular complexity index is 979. The number of aryl methyl sites for hydroxylation is 2. The summed E-state index contributed by atoms with van der Waals surface area (Å²) in [5.41, 5.74) is 1.61. The number of hydrogen-bond acceptors (Lipinski definition) is 5. The second-order valence-electron chi connectivity index (χ2n) is 7.04. The molecule has 0 radical (unpaired) electrons. The van der Waals surface area contributed by atoms with E-state index in [9.17, 15) is 18.0 Å². The quantitative estimate of drug-likeness (QED) is 0.752. The number of carbonyl (C=O) groups excluding carboxylic acids is 2. The summed E-state index contributed by atoms with van der Waals surface area (Å²) in [5, 5.41) is 4.56. The van der Waals surface area contributed by atoms with Gasteiger partial charge in [-0.15, -0.1) is 11.3 Å². The SMILES string of the molecule is Cc1ccc(C)c(S(=O)(=O)N2CCN(C(=O)CCNC(=O)c3cccs3)CC2)c1. The van der Waals surface area contributed by atoms with Crippen LogP contribution in [-0.2, 0) is 14.8 Å². The van der Waals surface area contributed by atoms with Crippen molar-refractivity contribution in [3.05, 3.63) is 51.7 Å². The first-order valence-electron chi connectivity index (χ1n) is 9.46. The van der Waals surface area contributed by atoms with Crippen LogP contribution in [0.25, 0.3) is 0 Å². The summed E-state index contributed by atoms with van der Waals surface area (Å²) in [7, 11) is -3.58. The fourth-order valence-electron chi connectivity index (χ4n) is 3.24. The lowest BCUT2D eigenvalue weighted by Gasteiger charge is -2.34. The maximum absolute atomic E-state index is 13.0. The molecule has 9 heteroatoms. The molecule has 0 unspecified atom stereocenters. The van der Waals surface area contributed by atoms with Crippen molar-refractivity contribution in [3.63, 3.8) is 0 Å². The first kappa shape index (κ1) is 21.5. The van der Waals surface area contributed by atoms with E-state index in [1.165, 1.54) is 15.6 Å². The molecule has 3 rings (SSSR count). The van der Waals surface area contributed by atoms with E-state index in [4.69, 9.17) is 0 Å². The average Bonchev–Trinajstić information content (AvgIpc) is 3.24. The number of thiophene rings is 1. The van der Waals surface area contributed by atoms with Gasteiger partial charge in [0.25, 0.3) is 5.91 Å². The van der Waals surface area contributed by atoms with Crippen molar-refractivity contribution < 1.29 is 18.0 Å². The number of hydrogen-bond donors (Lipinski definition) is 1. The molecule has 29 heavy (non-hydrogen) atoms. The number of carbonyl (C=O) groups is 2. The van der Waals surface area contributed by atoms with Gasteiger partial charge in [-0.25, -0.2) is 8.42 Å². The molecule has 2 heterocycles. The number of benzene rings is 1. The van der Waals surface area contributed by atoms with E-state index in [-0.39, 0.29) is 37.9 Å². The molecule has 7 nitrogen and oxygen atoms in total. The lowest BCUT2D eigenvalue weighted by Crippen LogP contribution is -2.51.